The molecule has 0 bridgehead atoms. The number of anilines is 1. The lowest BCUT2D eigenvalue weighted by Gasteiger charge is -2.26. The summed E-state index contributed by atoms with van der Waals surface area (Å²) in [6, 6.07) is 11.2. The molecule has 0 N–H and O–H groups in total. The molecule has 1 unspecified atom stereocenters. The minimum atomic E-state index is -0.105. The van der Waals surface area contributed by atoms with Crippen molar-refractivity contribution in [1.82, 2.24) is 19.3 Å². The molecule has 2 aromatic carbocycles. The van der Waals surface area contributed by atoms with Gasteiger partial charge in [0.1, 0.15) is 5.75 Å². The summed E-state index contributed by atoms with van der Waals surface area (Å²) in [7, 11) is 1.63. The summed E-state index contributed by atoms with van der Waals surface area (Å²) in [6.07, 6.45) is 4.42. The SMILES string of the molecule is [C-]#[N+]c1ccc(OC)c(C2CCn3c(=O)c4ccc(-c5cnc(N6CCOCC6)nc5)cc4n32)c1. The molecule has 1 fully saturated rings. The number of morpholine rings is 1. The topological polar surface area (TPSA) is 78.8 Å². The van der Waals surface area contributed by atoms with Crippen molar-refractivity contribution in [1.29, 1.82) is 0 Å². The summed E-state index contributed by atoms with van der Waals surface area (Å²) >= 11 is 0. The van der Waals surface area contributed by atoms with Crippen LogP contribution in [0.1, 0.15) is 18.0 Å². The van der Waals surface area contributed by atoms with Gasteiger partial charge in [-0.2, -0.15) is 0 Å². The maximum Gasteiger partial charge on any atom is 0.274 e. The Balaban J connectivity index is 1.42. The lowest BCUT2D eigenvalue weighted by atomic mass is 10.0. The van der Waals surface area contributed by atoms with Gasteiger partial charge >= 0.3 is 0 Å². The highest BCUT2D eigenvalue weighted by Gasteiger charge is 2.30. The first-order chi connectivity index (χ1) is 17.2. The second kappa shape index (κ2) is 8.56. The molecule has 1 saturated heterocycles. The van der Waals surface area contributed by atoms with Gasteiger partial charge in [-0.3, -0.25) is 9.48 Å². The fourth-order valence-electron chi connectivity index (χ4n) is 5.10. The molecule has 0 amide bonds. The summed E-state index contributed by atoms with van der Waals surface area (Å²) in [6.45, 7) is 11.0. The fourth-order valence-corrected chi connectivity index (χ4v) is 5.10. The number of aromatic nitrogens is 4. The molecule has 35 heavy (non-hydrogen) atoms. The van der Waals surface area contributed by atoms with Crippen molar-refractivity contribution in [2.45, 2.75) is 19.0 Å². The quantitative estimate of drug-likeness (QED) is 0.426. The first-order valence-electron chi connectivity index (χ1n) is 11.6. The number of methoxy groups -OCH3 is 1. The molecule has 176 valence electrons. The molecule has 0 saturated carbocycles. The summed E-state index contributed by atoms with van der Waals surface area (Å²) in [4.78, 5) is 28.0. The Morgan fingerprint density at radius 2 is 1.86 bits per heavy atom. The zero-order valence-electron chi connectivity index (χ0n) is 19.3. The Kier molecular flexibility index (Phi) is 5.23. The first-order valence-corrected chi connectivity index (χ1v) is 11.6. The third-order valence-electron chi connectivity index (χ3n) is 6.85. The first kappa shape index (κ1) is 21.4. The van der Waals surface area contributed by atoms with Crippen LogP contribution < -0.4 is 15.2 Å². The third kappa shape index (κ3) is 3.54. The van der Waals surface area contributed by atoms with Crippen LogP contribution in [0.4, 0.5) is 11.6 Å². The maximum absolute atomic E-state index is 13.2. The smallest absolute Gasteiger partial charge is 0.274 e. The van der Waals surface area contributed by atoms with Crippen LogP contribution in [0.25, 0.3) is 26.9 Å². The van der Waals surface area contributed by atoms with Crippen LogP contribution >= 0.6 is 0 Å². The van der Waals surface area contributed by atoms with Gasteiger partial charge in [-0.25, -0.2) is 19.5 Å². The zero-order chi connectivity index (χ0) is 23.9. The van der Waals surface area contributed by atoms with Gasteiger partial charge < -0.3 is 14.4 Å². The Hall–Kier alpha value is -4.16. The molecule has 2 aliphatic rings. The summed E-state index contributed by atoms with van der Waals surface area (Å²) < 4.78 is 14.9. The molecular weight excluding hydrogens is 444 g/mol. The molecule has 2 aliphatic heterocycles. The molecule has 9 nitrogen and oxygen atoms in total. The lowest BCUT2D eigenvalue weighted by Crippen LogP contribution is -2.37. The second-order valence-corrected chi connectivity index (χ2v) is 8.72. The molecule has 0 spiro atoms. The summed E-state index contributed by atoms with van der Waals surface area (Å²) in [5, 5.41) is 0.671. The van der Waals surface area contributed by atoms with Crippen LogP contribution in [-0.2, 0) is 11.3 Å². The van der Waals surface area contributed by atoms with Crippen molar-refractivity contribution in [3.8, 4) is 16.9 Å². The average Bonchev–Trinajstić information content (AvgIpc) is 3.48. The van der Waals surface area contributed by atoms with Crippen molar-refractivity contribution in [3.63, 3.8) is 0 Å². The van der Waals surface area contributed by atoms with E-state index in [4.69, 9.17) is 16.0 Å². The van der Waals surface area contributed by atoms with Gasteiger partial charge in [-0.15, -0.1) is 0 Å². The Morgan fingerprint density at radius 1 is 1.06 bits per heavy atom. The monoisotopic (exact) mass is 468 g/mol. The fraction of sp³-hybridized carbons (Fsp3) is 0.308. The van der Waals surface area contributed by atoms with Gasteiger partial charge in [0.05, 0.1) is 43.8 Å². The minimum Gasteiger partial charge on any atom is -0.497 e. The number of hydrogen-bond donors (Lipinski definition) is 0. The molecule has 4 heterocycles. The van der Waals surface area contributed by atoms with E-state index < -0.39 is 0 Å². The summed E-state index contributed by atoms with van der Waals surface area (Å²) in [5.74, 6) is 1.42. The zero-order valence-corrected chi connectivity index (χ0v) is 19.3. The normalized spacial score (nSPS) is 17.4. The Labute approximate surface area is 202 Å². The molecule has 0 aliphatic carbocycles. The van der Waals surface area contributed by atoms with E-state index in [1.54, 1.807) is 17.9 Å². The number of benzene rings is 2. The van der Waals surface area contributed by atoms with Gasteiger partial charge in [0.15, 0.2) is 5.69 Å². The van der Waals surface area contributed by atoms with Crippen molar-refractivity contribution in [3.05, 3.63) is 76.1 Å². The molecule has 4 aromatic rings. The van der Waals surface area contributed by atoms with Gasteiger partial charge in [0, 0.05) is 43.2 Å². The van der Waals surface area contributed by atoms with Crippen molar-refractivity contribution in [2.75, 3.05) is 38.3 Å². The van der Waals surface area contributed by atoms with Crippen LogP contribution in [-0.4, -0.2) is 52.7 Å². The predicted octanol–water partition coefficient (Wildman–Crippen LogP) is 3.65. The standard InChI is InChI=1S/C26H24N6O3/c1-27-19-4-6-24(34-2)21(14-19)22-7-8-31-25(33)20-5-3-17(13-23(20)32(22)31)18-15-28-26(29-16-18)30-9-11-35-12-10-30/h3-6,13-16,22H,7-12H2,2H3. The second-order valence-electron chi connectivity index (χ2n) is 8.72. The third-order valence-corrected chi connectivity index (χ3v) is 6.85. The van der Waals surface area contributed by atoms with E-state index in [1.807, 2.05) is 42.7 Å². The maximum atomic E-state index is 13.2. The lowest BCUT2D eigenvalue weighted by molar-refractivity contribution is 0.122. The Bertz CT molecular complexity index is 1510. The van der Waals surface area contributed by atoms with E-state index in [0.29, 0.717) is 42.5 Å². The predicted molar refractivity (Wildman–Crippen MR) is 132 cm³/mol. The number of rotatable bonds is 4. The number of nitrogens with zero attached hydrogens (tertiary/aromatic N) is 6. The van der Waals surface area contributed by atoms with Gasteiger partial charge in [-0.05, 0) is 36.2 Å². The molecule has 2 aromatic heterocycles. The van der Waals surface area contributed by atoms with Crippen LogP contribution in [0.2, 0.25) is 0 Å². The van der Waals surface area contributed by atoms with E-state index in [1.165, 1.54) is 0 Å². The highest BCUT2D eigenvalue weighted by Crippen LogP contribution is 2.38. The molecule has 9 heteroatoms. The van der Waals surface area contributed by atoms with Crippen LogP contribution in [0.5, 0.6) is 5.75 Å². The Morgan fingerprint density at radius 3 is 2.60 bits per heavy atom. The van der Waals surface area contributed by atoms with E-state index in [0.717, 1.165) is 41.7 Å². The number of ether oxygens (including phenoxy) is 2. The highest BCUT2D eigenvalue weighted by atomic mass is 16.5. The largest absolute Gasteiger partial charge is 0.497 e. The number of hydrogen-bond acceptors (Lipinski definition) is 6. The van der Waals surface area contributed by atoms with Crippen molar-refractivity contribution in [2.24, 2.45) is 0 Å². The molecule has 0 radical (unpaired) electrons. The van der Waals surface area contributed by atoms with Crippen LogP contribution in [0, 0.1) is 6.57 Å². The van der Waals surface area contributed by atoms with E-state index in [9.17, 15) is 4.79 Å². The number of fused-ring (bicyclic) bond motifs is 3. The molecule has 1 atom stereocenters. The summed E-state index contributed by atoms with van der Waals surface area (Å²) in [5.41, 5.74) is 4.14. The van der Waals surface area contributed by atoms with Gasteiger partial charge in [0.25, 0.3) is 5.56 Å². The van der Waals surface area contributed by atoms with Gasteiger partial charge in [0.2, 0.25) is 5.95 Å². The minimum absolute atomic E-state index is 0.00624. The van der Waals surface area contributed by atoms with Crippen molar-refractivity contribution >= 4 is 22.5 Å². The molecular formula is C26H24N6O3. The van der Waals surface area contributed by atoms with E-state index >= 15 is 0 Å². The van der Waals surface area contributed by atoms with Crippen molar-refractivity contribution < 1.29 is 9.47 Å². The van der Waals surface area contributed by atoms with Crippen LogP contribution in [0.3, 0.4) is 0 Å². The average molecular weight is 469 g/mol. The van der Waals surface area contributed by atoms with Crippen LogP contribution in [0.15, 0.2) is 53.6 Å². The van der Waals surface area contributed by atoms with E-state index in [-0.39, 0.29) is 11.6 Å². The molecule has 6 rings (SSSR count). The highest BCUT2D eigenvalue weighted by molar-refractivity contribution is 5.84. The van der Waals surface area contributed by atoms with Gasteiger partial charge in [-0.1, -0.05) is 12.1 Å². The van der Waals surface area contributed by atoms with E-state index in [2.05, 4.69) is 24.4 Å².